The molecular formula is C49H55N5O3S2. The molecule has 2 atom stereocenters. The number of rotatable bonds is 18. The normalized spacial score (nSPS) is 14.6. The molecule has 4 aromatic carbocycles. The van der Waals surface area contributed by atoms with Gasteiger partial charge in [0.05, 0.1) is 23.9 Å². The van der Waals surface area contributed by atoms with Crippen molar-refractivity contribution in [1.82, 2.24) is 25.0 Å². The highest BCUT2D eigenvalue weighted by atomic mass is 32.2. The molecule has 1 fully saturated rings. The lowest BCUT2D eigenvalue weighted by atomic mass is 10.0. The summed E-state index contributed by atoms with van der Waals surface area (Å²) >= 11 is 3.25. The molecule has 1 aromatic heterocycles. The first-order chi connectivity index (χ1) is 28.6. The number of carbonyl (C=O) groups is 3. The number of carbonyl (C=O) groups excluding carboxylic acids is 3. The molecule has 1 aliphatic heterocycles. The van der Waals surface area contributed by atoms with Gasteiger partial charge in [-0.2, -0.15) is 0 Å². The highest BCUT2D eigenvalue weighted by Crippen LogP contribution is 2.39. The maximum Gasteiger partial charge on any atom is 0.250 e. The summed E-state index contributed by atoms with van der Waals surface area (Å²) in [6.07, 6.45) is 7.43. The molecule has 8 nitrogen and oxygen atoms in total. The summed E-state index contributed by atoms with van der Waals surface area (Å²) in [5, 5.41) is 3.85. The summed E-state index contributed by atoms with van der Waals surface area (Å²) < 4.78 is 0. The second-order valence-corrected chi connectivity index (χ2v) is 17.4. The number of likely N-dealkylation sites (tertiary alicyclic amines) is 1. The van der Waals surface area contributed by atoms with E-state index < -0.39 is 6.04 Å². The second-order valence-electron chi connectivity index (χ2n) is 15.1. The van der Waals surface area contributed by atoms with Crippen LogP contribution in [0.5, 0.6) is 0 Å². The minimum Gasteiger partial charge on any atom is -0.340 e. The standard InChI is InChI=1S/C49H55N5O3S2/c1-6-29-53(49(57)48(41-17-12-9-13-18-41)51-45(55)28-31-52(4)5)34-46-50-33-44(59-46)40-26-22-38(23-27-40)37-20-24-39(25-21-37)43(7-2)58-35(3)42-19-14-30-54(42)47(56)32-36-15-10-8-11-16-36/h7-13,15-18,20-27,33,42,48H,3,6,14,19,28-32,34H2,1-2,4-5H3,(H,51,55). The van der Waals surface area contributed by atoms with Crippen LogP contribution in [0.4, 0.5) is 0 Å². The van der Waals surface area contributed by atoms with E-state index in [-0.39, 0.29) is 23.8 Å². The molecule has 1 N–H and O–H groups in total. The van der Waals surface area contributed by atoms with Gasteiger partial charge in [0, 0.05) is 42.1 Å². The van der Waals surface area contributed by atoms with E-state index in [1.165, 1.54) is 0 Å². The Morgan fingerprint density at radius 1 is 0.915 bits per heavy atom. The van der Waals surface area contributed by atoms with Gasteiger partial charge in [-0.3, -0.25) is 14.4 Å². The third-order valence-electron chi connectivity index (χ3n) is 10.5. The number of aromatic nitrogens is 1. The Kier molecular flexibility index (Phi) is 15.5. The SMILES string of the molecule is C=C(SC(=CC)c1ccc(-c2ccc(-c3cnc(CN(CCC)C(=O)C(NC(=O)CCN(C)C)c4ccccc4)s3)cc2)cc1)C1CCCN1C(=O)Cc1ccccc1. The molecule has 3 amide bonds. The van der Waals surface area contributed by atoms with E-state index >= 15 is 0 Å². The van der Waals surface area contributed by atoms with Crippen LogP contribution in [0, 0.1) is 0 Å². The Bertz CT molecular complexity index is 2200. The Hall–Kier alpha value is -5.29. The molecule has 0 radical (unpaired) electrons. The zero-order valence-corrected chi connectivity index (χ0v) is 36.2. The van der Waals surface area contributed by atoms with Crippen LogP contribution in [-0.4, -0.2) is 77.2 Å². The predicted octanol–water partition coefficient (Wildman–Crippen LogP) is 9.87. The first-order valence-electron chi connectivity index (χ1n) is 20.4. The summed E-state index contributed by atoms with van der Waals surface area (Å²) in [6.45, 7) is 10.8. The lowest BCUT2D eigenvalue weighted by molar-refractivity contribution is -0.137. The summed E-state index contributed by atoms with van der Waals surface area (Å²) in [5.41, 5.74) is 6.21. The van der Waals surface area contributed by atoms with Crippen LogP contribution in [0.1, 0.15) is 67.3 Å². The van der Waals surface area contributed by atoms with Gasteiger partial charge in [0.25, 0.3) is 0 Å². The van der Waals surface area contributed by atoms with Gasteiger partial charge in [-0.15, -0.1) is 11.3 Å². The lowest BCUT2D eigenvalue weighted by Gasteiger charge is -2.27. The number of amides is 3. The van der Waals surface area contributed by atoms with Gasteiger partial charge in [0.1, 0.15) is 11.0 Å². The lowest BCUT2D eigenvalue weighted by Crippen LogP contribution is -2.43. The number of allylic oxidation sites excluding steroid dienone is 1. The molecule has 10 heteroatoms. The van der Waals surface area contributed by atoms with Crippen LogP contribution in [-0.2, 0) is 27.3 Å². The molecular weight excluding hydrogens is 771 g/mol. The van der Waals surface area contributed by atoms with E-state index in [0.717, 1.165) is 78.9 Å². The zero-order chi connectivity index (χ0) is 41.7. The maximum absolute atomic E-state index is 14.1. The van der Waals surface area contributed by atoms with Crippen LogP contribution < -0.4 is 5.32 Å². The van der Waals surface area contributed by atoms with E-state index in [0.29, 0.717) is 32.5 Å². The first-order valence-corrected chi connectivity index (χ1v) is 22.1. The van der Waals surface area contributed by atoms with Crippen molar-refractivity contribution in [1.29, 1.82) is 0 Å². The minimum atomic E-state index is -0.772. The summed E-state index contributed by atoms with van der Waals surface area (Å²) in [6, 6.07) is 35.8. The molecule has 59 heavy (non-hydrogen) atoms. The summed E-state index contributed by atoms with van der Waals surface area (Å²) in [7, 11) is 3.85. The predicted molar refractivity (Wildman–Crippen MR) is 244 cm³/mol. The molecule has 306 valence electrons. The molecule has 6 rings (SSSR count). The molecule has 2 unspecified atom stereocenters. The van der Waals surface area contributed by atoms with Gasteiger partial charge < -0.3 is 20.0 Å². The van der Waals surface area contributed by atoms with Crippen molar-refractivity contribution >= 4 is 45.7 Å². The van der Waals surface area contributed by atoms with Crippen molar-refractivity contribution in [3.8, 4) is 21.6 Å². The fourth-order valence-electron chi connectivity index (χ4n) is 7.31. The Morgan fingerprint density at radius 3 is 2.20 bits per heavy atom. The first kappa shape index (κ1) is 43.3. The topological polar surface area (TPSA) is 85.8 Å². The summed E-state index contributed by atoms with van der Waals surface area (Å²) in [5.74, 6) is -0.136. The Balaban J connectivity index is 1.08. The van der Waals surface area contributed by atoms with Crippen LogP contribution in [0.2, 0.25) is 0 Å². The number of nitrogens with one attached hydrogen (secondary N) is 1. The van der Waals surface area contributed by atoms with Crippen molar-refractivity contribution in [3.63, 3.8) is 0 Å². The fourth-order valence-corrected chi connectivity index (χ4v) is 9.29. The van der Waals surface area contributed by atoms with Crippen LogP contribution in [0.15, 0.2) is 133 Å². The Labute approximate surface area is 358 Å². The smallest absolute Gasteiger partial charge is 0.250 e. The highest BCUT2D eigenvalue weighted by Gasteiger charge is 2.31. The number of thiazole rings is 1. The van der Waals surface area contributed by atoms with Crippen molar-refractivity contribution in [2.45, 2.75) is 64.6 Å². The van der Waals surface area contributed by atoms with Gasteiger partial charge in [0.2, 0.25) is 17.7 Å². The number of nitrogens with zero attached hydrogens (tertiary/aromatic N) is 4. The van der Waals surface area contributed by atoms with Gasteiger partial charge in [-0.1, -0.05) is 141 Å². The Morgan fingerprint density at radius 2 is 1.56 bits per heavy atom. The van der Waals surface area contributed by atoms with E-state index in [1.54, 1.807) is 23.1 Å². The molecule has 0 saturated carbocycles. The van der Waals surface area contributed by atoms with Crippen LogP contribution in [0.25, 0.3) is 26.5 Å². The fraction of sp³-hybridized carbons (Fsp3) is 0.306. The zero-order valence-electron chi connectivity index (χ0n) is 34.6. The molecule has 0 aliphatic carbocycles. The molecule has 1 aliphatic rings. The van der Waals surface area contributed by atoms with Crippen LogP contribution in [0.3, 0.4) is 0 Å². The number of hydrogen-bond acceptors (Lipinski definition) is 7. The maximum atomic E-state index is 14.1. The average Bonchev–Trinajstić information content (AvgIpc) is 3.95. The van der Waals surface area contributed by atoms with Crippen molar-refractivity contribution in [2.75, 3.05) is 33.7 Å². The highest BCUT2D eigenvalue weighted by molar-refractivity contribution is 8.11. The van der Waals surface area contributed by atoms with Crippen molar-refractivity contribution in [2.24, 2.45) is 0 Å². The van der Waals surface area contributed by atoms with Crippen LogP contribution >= 0.6 is 23.1 Å². The molecule has 0 spiro atoms. The van der Waals surface area contributed by atoms with Gasteiger partial charge in [-0.05, 0) is 73.7 Å². The largest absolute Gasteiger partial charge is 0.340 e. The molecule has 1 saturated heterocycles. The molecule has 2 heterocycles. The van der Waals surface area contributed by atoms with Gasteiger partial charge >= 0.3 is 0 Å². The van der Waals surface area contributed by atoms with Crippen molar-refractivity contribution < 1.29 is 14.4 Å². The van der Waals surface area contributed by atoms with E-state index in [4.69, 9.17) is 4.98 Å². The minimum absolute atomic E-state index is 0.0283. The van der Waals surface area contributed by atoms with Crippen molar-refractivity contribution in [3.05, 3.63) is 155 Å². The monoisotopic (exact) mass is 825 g/mol. The van der Waals surface area contributed by atoms with Gasteiger partial charge in [-0.25, -0.2) is 4.98 Å². The second kappa shape index (κ2) is 21.1. The van der Waals surface area contributed by atoms with Gasteiger partial charge in [0.15, 0.2) is 0 Å². The number of hydrogen-bond donors (Lipinski definition) is 1. The molecule has 0 bridgehead atoms. The molecule has 5 aromatic rings. The quantitative estimate of drug-likeness (QED) is 0.0948. The van der Waals surface area contributed by atoms with E-state index in [1.807, 2.05) is 103 Å². The summed E-state index contributed by atoms with van der Waals surface area (Å²) in [4.78, 5) is 53.9. The number of thioether (sulfide) groups is 1. The average molecular weight is 826 g/mol. The third-order valence-corrected chi connectivity index (χ3v) is 12.7. The third kappa shape index (κ3) is 11.7. The van der Waals surface area contributed by atoms with E-state index in [2.05, 4.69) is 73.4 Å². The van der Waals surface area contributed by atoms with E-state index in [9.17, 15) is 14.4 Å². The number of benzene rings is 4.